The maximum absolute atomic E-state index is 5.60. The molecule has 1 aromatic rings. The van der Waals surface area contributed by atoms with Gasteiger partial charge in [0.25, 0.3) is 0 Å². The molecular weight excluding hydrogens is 242 g/mol. The molecule has 106 valence electrons. The summed E-state index contributed by atoms with van der Waals surface area (Å²) in [5.74, 6) is 2.15. The van der Waals surface area contributed by atoms with Gasteiger partial charge in [0.2, 0.25) is 0 Å². The Balaban J connectivity index is 2.37. The normalized spacial score (nSPS) is 19.2. The first kappa shape index (κ1) is 14.2. The van der Waals surface area contributed by atoms with Crippen molar-refractivity contribution < 1.29 is 14.2 Å². The lowest BCUT2D eigenvalue weighted by Crippen LogP contribution is -2.28. The molecule has 0 aliphatic carbocycles. The van der Waals surface area contributed by atoms with Crippen LogP contribution in [0.15, 0.2) is 12.1 Å². The molecule has 1 atom stereocenters. The lowest BCUT2D eigenvalue weighted by atomic mass is 9.90. The lowest BCUT2D eigenvalue weighted by molar-refractivity contribution is 0.180. The number of ether oxygens (including phenoxy) is 3. The van der Waals surface area contributed by atoms with E-state index in [1.54, 1.807) is 21.3 Å². The van der Waals surface area contributed by atoms with Crippen LogP contribution in [0.5, 0.6) is 11.5 Å². The highest BCUT2D eigenvalue weighted by atomic mass is 16.5. The average molecular weight is 265 g/mol. The summed E-state index contributed by atoms with van der Waals surface area (Å²) in [6.45, 7) is 2.64. The Morgan fingerprint density at radius 3 is 2.53 bits per heavy atom. The Morgan fingerprint density at radius 2 is 1.95 bits per heavy atom. The van der Waals surface area contributed by atoms with Crippen LogP contribution in [0.25, 0.3) is 0 Å². The fraction of sp³-hybridized carbons (Fsp3) is 0.600. The Hall–Kier alpha value is -1.26. The van der Waals surface area contributed by atoms with Gasteiger partial charge in [0.05, 0.1) is 20.8 Å². The van der Waals surface area contributed by atoms with Gasteiger partial charge in [-0.2, -0.15) is 0 Å². The minimum absolute atomic E-state index is 0.495. The molecule has 0 bridgehead atoms. The zero-order valence-corrected chi connectivity index (χ0v) is 12.0. The third-order valence-corrected chi connectivity index (χ3v) is 3.67. The minimum atomic E-state index is 0.495. The summed E-state index contributed by atoms with van der Waals surface area (Å²) in [4.78, 5) is 0. The number of hydrogen-bond donors (Lipinski definition) is 1. The van der Waals surface area contributed by atoms with Crippen LogP contribution in [-0.4, -0.2) is 34.4 Å². The predicted molar refractivity (Wildman–Crippen MR) is 75.1 cm³/mol. The molecule has 0 saturated carbocycles. The standard InChI is InChI=1S/C15H23NO3/c1-17-10-12-6-7-13(11-5-4-8-16-9-11)15(19-3)14(12)18-2/h6-7,11,16H,4-5,8-10H2,1-3H3. The van der Waals surface area contributed by atoms with Crippen molar-refractivity contribution in [3.05, 3.63) is 23.3 Å². The van der Waals surface area contributed by atoms with Crippen LogP contribution in [0.2, 0.25) is 0 Å². The van der Waals surface area contributed by atoms with Crippen molar-refractivity contribution in [3.63, 3.8) is 0 Å². The Bertz CT molecular complexity index is 414. The van der Waals surface area contributed by atoms with Crippen molar-refractivity contribution >= 4 is 0 Å². The van der Waals surface area contributed by atoms with Crippen LogP contribution in [0.1, 0.15) is 29.9 Å². The molecule has 0 radical (unpaired) electrons. The number of methoxy groups -OCH3 is 3. The summed E-state index contributed by atoms with van der Waals surface area (Å²) in [7, 11) is 5.07. The molecule has 0 spiro atoms. The number of piperidine rings is 1. The van der Waals surface area contributed by atoms with E-state index in [4.69, 9.17) is 14.2 Å². The van der Waals surface area contributed by atoms with E-state index in [9.17, 15) is 0 Å². The molecule has 1 N–H and O–H groups in total. The fourth-order valence-electron chi connectivity index (χ4n) is 2.76. The molecule has 1 unspecified atom stereocenters. The second-order valence-corrected chi connectivity index (χ2v) is 4.86. The number of hydrogen-bond acceptors (Lipinski definition) is 4. The second kappa shape index (κ2) is 6.78. The molecule has 1 aliphatic heterocycles. The zero-order chi connectivity index (χ0) is 13.7. The van der Waals surface area contributed by atoms with Gasteiger partial charge in [0.15, 0.2) is 11.5 Å². The Morgan fingerprint density at radius 1 is 1.16 bits per heavy atom. The molecule has 1 saturated heterocycles. The van der Waals surface area contributed by atoms with Gasteiger partial charge in [-0.1, -0.05) is 12.1 Å². The average Bonchev–Trinajstić information content (AvgIpc) is 2.47. The molecule has 1 fully saturated rings. The smallest absolute Gasteiger partial charge is 0.166 e. The molecule has 1 aliphatic rings. The van der Waals surface area contributed by atoms with Gasteiger partial charge in [-0.05, 0) is 19.4 Å². The summed E-state index contributed by atoms with van der Waals surface area (Å²) >= 11 is 0. The third-order valence-electron chi connectivity index (χ3n) is 3.67. The molecule has 4 nitrogen and oxygen atoms in total. The van der Waals surface area contributed by atoms with E-state index in [0.29, 0.717) is 12.5 Å². The van der Waals surface area contributed by atoms with E-state index in [2.05, 4.69) is 17.4 Å². The first-order valence-corrected chi connectivity index (χ1v) is 6.75. The van der Waals surface area contributed by atoms with Gasteiger partial charge in [-0.25, -0.2) is 0 Å². The zero-order valence-electron chi connectivity index (χ0n) is 12.0. The van der Waals surface area contributed by atoms with Crippen molar-refractivity contribution in [1.82, 2.24) is 5.32 Å². The summed E-state index contributed by atoms with van der Waals surface area (Å²) in [5.41, 5.74) is 2.25. The van der Waals surface area contributed by atoms with Crippen LogP contribution in [0.4, 0.5) is 0 Å². The fourth-order valence-corrected chi connectivity index (χ4v) is 2.76. The minimum Gasteiger partial charge on any atom is -0.493 e. The lowest BCUT2D eigenvalue weighted by Gasteiger charge is -2.26. The van der Waals surface area contributed by atoms with E-state index < -0.39 is 0 Å². The number of nitrogens with one attached hydrogen (secondary N) is 1. The highest BCUT2D eigenvalue weighted by Crippen LogP contribution is 2.40. The summed E-state index contributed by atoms with van der Waals surface area (Å²) in [6, 6.07) is 4.22. The third kappa shape index (κ3) is 3.01. The molecule has 0 aromatic heterocycles. The molecule has 1 aromatic carbocycles. The van der Waals surface area contributed by atoms with Crippen LogP contribution in [-0.2, 0) is 11.3 Å². The van der Waals surface area contributed by atoms with Gasteiger partial charge in [-0.15, -0.1) is 0 Å². The van der Waals surface area contributed by atoms with Gasteiger partial charge in [0.1, 0.15) is 0 Å². The van der Waals surface area contributed by atoms with E-state index in [-0.39, 0.29) is 0 Å². The highest BCUT2D eigenvalue weighted by Gasteiger charge is 2.23. The molecule has 1 heterocycles. The van der Waals surface area contributed by atoms with Crippen LogP contribution < -0.4 is 14.8 Å². The van der Waals surface area contributed by atoms with Crippen molar-refractivity contribution in [1.29, 1.82) is 0 Å². The second-order valence-electron chi connectivity index (χ2n) is 4.86. The van der Waals surface area contributed by atoms with Gasteiger partial charge < -0.3 is 19.5 Å². The van der Waals surface area contributed by atoms with Crippen LogP contribution in [0, 0.1) is 0 Å². The molecular formula is C15H23NO3. The number of rotatable bonds is 5. The Kier molecular flexibility index (Phi) is 5.05. The maximum atomic E-state index is 5.60. The van der Waals surface area contributed by atoms with Crippen molar-refractivity contribution in [2.24, 2.45) is 0 Å². The molecule has 2 rings (SSSR count). The first-order chi connectivity index (χ1) is 9.31. The van der Waals surface area contributed by atoms with Crippen LogP contribution in [0.3, 0.4) is 0 Å². The first-order valence-electron chi connectivity index (χ1n) is 6.75. The number of benzene rings is 1. The molecule has 0 amide bonds. The van der Waals surface area contributed by atoms with Gasteiger partial charge in [-0.3, -0.25) is 0 Å². The summed E-state index contributed by atoms with van der Waals surface area (Å²) in [6.07, 6.45) is 2.39. The molecule has 4 heteroatoms. The predicted octanol–water partition coefficient (Wildman–Crippen LogP) is 2.32. The Labute approximate surface area is 115 Å². The van der Waals surface area contributed by atoms with E-state index in [0.717, 1.165) is 30.2 Å². The van der Waals surface area contributed by atoms with Gasteiger partial charge in [0, 0.05) is 30.7 Å². The van der Waals surface area contributed by atoms with Crippen LogP contribution >= 0.6 is 0 Å². The largest absolute Gasteiger partial charge is 0.493 e. The summed E-state index contributed by atoms with van der Waals surface area (Å²) < 4.78 is 16.3. The van der Waals surface area contributed by atoms with Gasteiger partial charge >= 0.3 is 0 Å². The molecule has 19 heavy (non-hydrogen) atoms. The monoisotopic (exact) mass is 265 g/mol. The van der Waals surface area contributed by atoms with E-state index in [1.807, 2.05) is 0 Å². The SMILES string of the molecule is COCc1ccc(C2CCCNC2)c(OC)c1OC. The highest BCUT2D eigenvalue weighted by molar-refractivity contribution is 5.53. The maximum Gasteiger partial charge on any atom is 0.166 e. The summed E-state index contributed by atoms with van der Waals surface area (Å²) in [5, 5.41) is 3.44. The van der Waals surface area contributed by atoms with Crippen molar-refractivity contribution in [2.45, 2.75) is 25.4 Å². The van der Waals surface area contributed by atoms with Crippen molar-refractivity contribution in [2.75, 3.05) is 34.4 Å². The quantitative estimate of drug-likeness (QED) is 0.887. The van der Waals surface area contributed by atoms with E-state index in [1.165, 1.54) is 18.4 Å². The van der Waals surface area contributed by atoms with E-state index >= 15 is 0 Å². The topological polar surface area (TPSA) is 39.7 Å². The van der Waals surface area contributed by atoms with Crippen molar-refractivity contribution in [3.8, 4) is 11.5 Å².